The maximum Gasteiger partial charge on any atom is 0.0362 e. The van der Waals surface area contributed by atoms with Gasteiger partial charge in [0.1, 0.15) is 0 Å². The molecule has 8 heavy (non-hydrogen) atoms. The van der Waals surface area contributed by atoms with E-state index in [0.29, 0.717) is 0 Å². The average Bonchev–Trinajstić information content (AvgIpc) is 1.81. The normalized spacial score (nSPS) is 9.75. The molecule has 0 aromatic rings. The first-order chi connectivity index (χ1) is 3.91. The second-order valence-corrected chi connectivity index (χ2v) is 4.48. The summed E-state index contributed by atoms with van der Waals surface area (Å²) >= 11 is 7.96. The smallest absolute Gasteiger partial charge is 0.0362 e. The van der Waals surface area contributed by atoms with Gasteiger partial charge in [0.2, 0.25) is 0 Å². The van der Waals surface area contributed by atoms with Crippen LogP contribution in [0.15, 0.2) is 0 Å². The quantitative estimate of drug-likeness (QED) is 0.380. The highest BCUT2D eigenvalue weighted by Crippen LogP contribution is 2.06. The van der Waals surface area contributed by atoms with E-state index in [-0.39, 0.29) is 0 Å². The topological polar surface area (TPSA) is 0 Å². The summed E-state index contributed by atoms with van der Waals surface area (Å²) in [6, 6.07) is 0. The Labute approximate surface area is 65.6 Å². The molecule has 0 radical (unpaired) electrons. The Morgan fingerprint density at radius 2 is 1.88 bits per heavy atom. The third-order valence-electron chi connectivity index (χ3n) is 0.667. The van der Waals surface area contributed by atoms with Gasteiger partial charge >= 0.3 is 0 Å². The van der Waals surface area contributed by atoms with Crippen LogP contribution >= 0.6 is 36.2 Å². The minimum absolute atomic E-state index is 0.963. The molecule has 0 fully saturated rings. The van der Waals surface area contributed by atoms with Crippen molar-refractivity contribution in [1.29, 1.82) is 0 Å². The Kier molecular flexibility index (Phi) is 9.11. The minimum atomic E-state index is 0.963. The van der Waals surface area contributed by atoms with Gasteiger partial charge < -0.3 is 0 Å². The fraction of sp³-hybridized carbons (Fsp3) is 1.00. The molecule has 0 aliphatic carbocycles. The van der Waals surface area contributed by atoms with Gasteiger partial charge in [-0.3, -0.25) is 0 Å². The van der Waals surface area contributed by atoms with Gasteiger partial charge in [-0.05, 0) is 5.75 Å². The first kappa shape index (κ1) is 9.05. The summed E-state index contributed by atoms with van der Waals surface area (Å²) < 4.78 is 0. The Morgan fingerprint density at radius 1 is 1.25 bits per heavy atom. The van der Waals surface area contributed by atoms with Crippen LogP contribution in [-0.2, 0) is 0 Å². The van der Waals surface area contributed by atoms with Crippen LogP contribution in [0.1, 0.15) is 6.92 Å². The van der Waals surface area contributed by atoms with Crippen molar-refractivity contribution in [2.45, 2.75) is 6.92 Å². The molecule has 0 heterocycles. The maximum absolute atomic E-state index is 4.08. The lowest BCUT2D eigenvalue weighted by atomic mass is 10.9. The van der Waals surface area contributed by atoms with Crippen molar-refractivity contribution in [2.24, 2.45) is 0 Å². The zero-order chi connectivity index (χ0) is 6.24. The van der Waals surface area contributed by atoms with E-state index in [0.717, 1.165) is 5.08 Å². The summed E-state index contributed by atoms with van der Waals surface area (Å²) in [5.41, 5.74) is 0. The van der Waals surface area contributed by atoms with Crippen LogP contribution in [0.25, 0.3) is 0 Å². The van der Waals surface area contributed by atoms with Gasteiger partial charge in [-0.1, -0.05) is 6.92 Å². The van der Waals surface area contributed by atoms with Gasteiger partial charge in [0.05, 0.1) is 0 Å². The molecule has 0 rings (SSSR count). The van der Waals surface area contributed by atoms with Crippen molar-refractivity contribution in [3.05, 3.63) is 0 Å². The molecule has 0 aromatic carbocycles. The summed E-state index contributed by atoms with van der Waals surface area (Å²) in [5, 5.41) is 0.963. The van der Waals surface area contributed by atoms with Crippen LogP contribution in [-0.4, -0.2) is 22.3 Å². The Bertz CT molecular complexity index is 32.7. The van der Waals surface area contributed by atoms with Crippen LogP contribution in [0.3, 0.4) is 0 Å². The lowest BCUT2D eigenvalue weighted by molar-refractivity contribution is 1.48. The van der Waals surface area contributed by atoms with Crippen LogP contribution < -0.4 is 0 Å². The number of rotatable bonds is 5. The molecular weight excluding hydrogens is 156 g/mol. The minimum Gasteiger partial charge on any atom is -0.168 e. The van der Waals surface area contributed by atoms with Crippen LogP contribution in [0, 0.1) is 0 Å². The van der Waals surface area contributed by atoms with Gasteiger partial charge in [-0.25, -0.2) is 0 Å². The summed E-state index contributed by atoms with van der Waals surface area (Å²) in [7, 11) is 0. The van der Waals surface area contributed by atoms with E-state index in [4.69, 9.17) is 0 Å². The maximum atomic E-state index is 4.08. The van der Waals surface area contributed by atoms with Crippen molar-refractivity contribution >= 4 is 36.2 Å². The first-order valence-electron chi connectivity index (χ1n) is 2.68. The number of thiol groups is 1. The summed E-state index contributed by atoms with van der Waals surface area (Å²) in [4.78, 5) is 0. The average molecular weight is 168 g/mol. The summed E-state index contributed by atoms with van der Waals surface area (Å²) in [5.74, 6) is 3.77. The first-order valence-corrected chi connectivity index (χ1v) is 5.62. The number of thioether (sulfide) groups is 2. The van der Waals surface area contributed by atoms with Crippen LogP contribution in [0.5, 0.6) is 0 Å². The zero-order valence-electron chi connectivity index (χ0n) is 5.09. The molecule has 0 atom stereocenters. The fourth-order valence-corrected chi connectivity index (χ4v) is 2.07. The molecule has 0 nitrogen and oxygen atoms in total. The molecule has 0 unspecified atom stereocenters. The predicted molar refractivity (Wildman–Crippen MR) is 49.3 cm³/mol. The number of hydrogen-bond donors (Lipinski definition) is 1. The van der Waals surface area contributed by atoms with E-state index in [2.05, 4.69) is 19.6 Å². The van der Waals surface area contributed by atoms with E-state index < -0.39 is 0 Å². The highest BCUT2D eigenvalue weighted by Gasteiger charge is 1.83. The monoisotopic (exact) mass is 168 g/mol. The zero-order valence-corrected chi connectivity index (χ0v) is 7.62. The number of hydrogen-bond acceptors (Lipinski definition) is 3. The second-order valence-electron chi connectivity index (χ2n) is 1.23. The molecule has 0 aliphatic rings. The Balaban J connectivity index is 2.53. The summed E-state index contributed by atoms with van der Waals surface area (Å²) in [6.45, 7) is 2.19. The molecular formula is C5H12S3. The van der Waals surface area contributed by atoms with Crippen LogP contribution in [0.2, 0.25) is 0 Å². The van der Waals surface area contributed by atoms with Gasteiger partial charge in [0, 0.05) is 16.6 Å². The molecule has 0 bridgehead atoms. The Morgan fingerprint density at radius 3 is 2.38 bits per heavy atom. The lowest BCUT2D eigenvalue weighted by Gasteiger charge is -1.93. The predicted octanol–water partition coefficient (Wildman–Crippen LogP) is 2.36. The molecule has 0 spiro atoms. The van der Waals surface area contributed by atoms with Crippen molar-refractivity contribution in [3.63, 3.8) is 0 Å². The Hall–Kier alpha value is 1.05. The fourth-order valence-electron chi connectivity index (χ4n) is 0.327. The van der Waals surface area contributed by atoms with E-state index in [1.165, 1.54) is 17.3 Å². The third kappa shape index (κ3) is 7.05. The van der Waals surface area contributed by atoms with E-state index in [1.54, 1.807) is 0 Å². The molecule has 50 valence electrons. The highest BCUT2D eigenvalue weighted by atomic mass is 32.2. The van der Waals surface area contributed by atoms with Gasteiger partial charge in [-0.15, -0.1) is 0 Å². The standard InChI is InChI=1S/C5H12S3/c1-2-7-3-4-8-5-6/h6H,2-5H2,1H3. The molecule has 0 N–H and O–H groups in total. The van der Waals surface area contributed by atoms with E-state index in [1.807, 2.05) is 23.5 Å². The van der Waals surface area contributed by atoms with Crippen molar-refractivity contribution < 1.29 is 0 Å². The molecule has 3 heteroatoms. The van der Waals surface area contributed by atoms with Crippen LogP contribution in [0.4, 0.5) is 0 Å². The van der Waals surface area contributed by atoms with Gasteiger partial charge in [-0.2, -0.15) is 36.2 Å². The van der Waals surface area contributed by atoms with Crippen molar-refractivity contribution in [2.75, 3.05) is 22.3 Å². The van der Waals surface area contributed by atoms with Crippen molar-refractivity contribution in [1.82, 2.24) is 0 Å². The lowest BCUT2D eigenvalue weighted by Crippen LogP contribution is -1.82. The highest BCUT2D eigenvalue weighted by molar-refractivity contribution is 8.10. The van der Waals surface area contributed by atoms with E-state index in [9.17, 15) is 0 Å². The van der Waals surface area contributed by atoms with Crippen molar-refractivity contribution in [3.8, 4) is 0 Å². The summed E-state index contributed by atoms with van der Waals surface area (Å²) in [6.07, 6.45) is 0. The molecule has 0 saturated heterocycles. The SMILES string of the molecule is CCSCCSCS. The van der Waals surface area contributed by atoms with Gasteiger partial charge in [0.15, 0.2) is 0 Å². The molecule has 0 saturated carbocycles. The third-order valence-corrected chi connectivity index (χ3v) is 3.05. The second kappa shape index (κ2) is 8.05. The van der Waals surface area contributed by atoms with E-state index >= 15 is 0 Å². The molecule has 0 amide bonds. The van der Waals surface area contributed by atoms with Gasteiger partial charge in [0.25, 0.3) is 0 Å². The molecule has 0 aliphatic heterocycles. The molecule has 0 aromatic heterocycles. The largest absolute Gasteiger partial charge is 0.168 e.